The van der Waals surface area contributed by atoms with E-state index in [0.717, 1.165) is 0 Å². The van der Waals surface area contributed by atoms with E-state index in [0.29, 0.717) is 0 Å². The first-order valence-electron chi connectivity index (χ1n) is 8.97. The van der Waals surface area contributed by atoms with E-state index in [-0.39, 0.29) is 0 Å². The van der Waals surface area contributed by atoms with Gasteiger partial charge in [0.05, 0.1) is 31.7 Å². The maximum Gasteiger partial charge on any atom is 0.326 e. The Morgan fingerprint density at radius 3 is 1.24 bits per heavy atom. The smallest absolute Gasteiger partial charge is 0.326 e. The molecule has 0 aliphatic carbocycles. The van der Waals surface area contributed by atoms with Gasteiger partial charge in [0.2, 0.25) is 23.6 Å². The Hall–Kier alpha value is -4.28. The Kier molecular flexibility index (Phi) is 11.5. The van der Waals surface area contributed by atoms with Crippen LogP contribution in [0.15, 0.2) is 0 Å². The predicted octanol–water partition coefficient (Wildman–Crippen LogP) is -4.85. The molecule has 184 valence electrons. The zero-order valence-corrected chi connectivity index (χ0v) is 16.8. The lowest BCUT2D eigenvalue weighted by molar-refractivity contribution is -0.148. The summed E-state index contributed by atoms with van der Waals surface area (Å²) < 4.78 is 0. The van der Waals surface area contributed by atoms with Crippen molar-refractivity contribution in [2.24, 2.45) is 11.5 Å². The number of hydrogen-bond donors (Lipinski definition) is 9. The van der Waals surface area contributed by atoms with Gasteiger partial charge in [0.1, 0.15) is 18.1 Å². The number of hydrogen-bond acceptors (Lipinski definition) is 9. The largest absolute Gasteiger partial charge is 0.481 e. The van der Waals surface area contributed by atoms with Crippen LogP contribution in [0, 0.1) is 0 Å². The minimum absolute atomic E-state index is 0.641. The van der Waals surface area contributed by atoms with E-state index in [1.807, 2.05) is 10.6 Å². The Bertz CT molecular complexity index is 829. The molecule has 0 aliphatic heterocycles. The molecule has 0 saturated heterocycles. The van der Waals surface area contributed by atoms with Crippen molar-refractivity contribution in [3.05, 3.63) is 0 Å². The molecule has 0 aromatic heterocycles. The van der Waals surface area contributed by atoms with E-state index < -0.39 is 97.4 Å². The van der Waals surface area contributed by atoms with Gasteiger partial charge < -0.3 is 47.8 Å². The minimum atomic E-state index is -1.97. The second-order valence-electron chi connectivity index (χ2n) is 6.59. The number of rotatable bonds is 15. The summed E-state index contributed by atoms with van der Waals surface area (Å²) in [4.78, 5) is 91.5. The third-order valence-electron chi connectivity index (χ3n) is 3.77. The van der Waals surface area contributed by atoms with Crippen molar-refractivity contribution in [3.63, 3.8) is 0 Å². The van der Waals surface area contributed by atoms with Crippen LogP contribution in [-0.4, -0.2) is 92.1 Å². The molecular weight excluding hydrogens is 454 g/mol. The van der Waals surface area contributed by atoms with E-state index in [4.69, 9.17) is 31.9 Å². The molecular formula is C16H23N5O12. The van der Waals surface area contributed by atoms with E-state index >= 15 is 0 Å². The summed E-state index contributed by atoms with van der Waals surface area (Å²) in [5.74, 6) is -11.5. The number of carboxylic acid groups (broad SMARTS) is 4. The first-order chi connectivity index (χ1) is 15.1. The second-order valence-corrected chi connectivity index (χ2v) is 6.59. The molecule has 0 rings (SSSR count). The van der Waals surface area contributed by atoms with Gasteiger partial charge in [0.25, 0.3) is 0 Å². The summed E-state index contributed by atoms with van der Waals surface area (Å²) in [6.45, 7) is 0. The number of carbonyl (C=O) groups is 8. The molecule has 0 spiro atoms. The van der Waals surface area contributed by atoms with E-state index in [2.05, 4.69) is 0 Å². The average Bonchev–Trinajstić information content (AvgIpc) is 2.64. The first-order valence-corrected chi connectivity index (χ1v) is 8.97. The lowest BCUT2D eigenvalue weighted by Gasteiger charge is -2.23. The zero-order chi connectivity index (χ0) is 25.9. The van der Waals surface area contributed by atoms with Crippen molar-refractivity contribution in [2.45, 2.75) is 49.9 Å². The Labute approximate surface area is 184 Å². The van der Waals surface area contributed by atoms with Gasteiger partial charge in [-0.3, -0.25) is 33.6 Å². The van der Waals surface area contributed by atoms with Gasteiger partial charge in [-0.05, 0) is 0 Å². The lowest BCUT2D eigenvalue weighted by atomic mass is 10.1. The van der Waals surface area contributed by atoms with Crippen LogP contribution in [0.1, 0.15) is 25.7 Å². The highest BCUT2D eigenvalue weighted by Crippen LogP contribution is 2.02. The standard InChI is InChI=1S/C16H23N5O12/c17-5(1-9(18)22)13(29)19-6(2-10(23)24)14(30)20-7(3-11(25)26)15(31)21-8(16(32)33)4-12(27)28/h5-8H,1-4,17H2,(H2,18,22)(H,19,29)(H,20,30)(H,21,31)(H,23,24)(H,25,26)(H,27,28)(H,32,33). The molecule has 0 bridgehead atoms. The monoisotopic (exact) mass is 477 g/mol. The van der Waals surface area contributed by atoms with Crippen LogP contribution in [0.3, 0.4) is 0 Å². The number of nitrogens with two attached hydrogens (primary N) is 2. The van der Waals surface area contributed by atoms with Crippen molar-refractivity contribution < 1.29 is 58.8 Å². The number of carbonyl (C=O) groups excluding carboxylic acids is 4. The van der Waals surface area contributed by atoms with Crippen LogP contribution in [-0.2, 0) is 38.4 Å². The number of amides is 4. The first kappa shape index (κ1) is 28.7. The molecule has 4 unspecified atom stereocenters. The number of primary amides is 1. The third-order valence-corrected chi connectivity index (χ3v) is 3.77. The highest BCUT2D eigenvalue weighted by atomic mass is 16.4. The van der Waals surface area contributed by atoms with Crippen LogP contribution in [0.4, 0.5) is 0 Å². The second kappa shape index (κ2) is 13.2. The van der Waals surface area contributed by atoms with Crippen molar-refractivity contribution in [2.75, 3.05) is 0 Å². The fourth-order valence-corrected chi connectivity index (χ4v) is 2.28. The van der Waals surface area contributed by atoms with E-state index in [1.54, 1.807) is 5.32 Å². The Morgan fingerprint density at radius 1 is 0.576 bits per heavy atom. The normalized spacial score (nSPS) is 14.0. The van der Waals surface area contributed by atoms with Crippen LogP contribution in [0.5, 0.6) is 0 Å². The Balaban J connectivity index is 5.58. The molecule has 0 heterocycles. The van der Waals surface area contributed by atoms with Gasteiger partial charge in [-0.1, -0.05) is 0 Å². The van der Waals surface area contributed by atoms with Gasteiger partial charge in [-0.15, -0.1) is 0 Å². The van der Waals surface area contributed by atoms with Crippen LogP contribution >= 0.6 is 0 Å². The summed E-state index contributed by atoms with van der Waals surface area (Å²) in [5.41, 5.74) is 10.3. The third kappa shape index (κ3) is 11.6. The van der Waals surface area contributed by atoms with Gasteiger partial charge in [-0.25, -0.2) is 4.79 Å². The average molecular weight is 477 g/mol. The molecule has 4 atom stereocenters. The van der Waals surface area contributed by atoms with Crippen LogP contribution in [0.2, 0.25) is 0 Å². The summed E-state index contributed by atoms with van der Waals surface area (Å²) in [7, 11) is 0. The number of carboxylic acids is 4. The molecule has 0 fully saturated rings. The van der Waals surface area contributed by atoms with Crippen molar-refractivity contribution in [1.29, 1.82) is 0 Å². The number of nitrogens with one attached hydrogen (secondary N) is 3. The minimum Gasteiger partial charge on any atom is -0.481 e. The van der Waals surface area contributed by atoms with Crippen LogP contribution in [0.25, 0.3) is 0 Å². The van der Waals surface area contributed by atoms with Crippen molar-refractivity contribution in [3.8, 4) is 0 Å². The van der Waals surface area contributed by atoms with E-state index in [1.165, 1.54) is 0 Å². The quantitative estimate of drug-likeness (QED) is 0.107. The molecule has 0 saturated carbocycles. The van der Waals surface area contributed by atoms with Crippen LogP contribution < -0.4 is 27.4 Å². The van der Waals surface area contributed by atoms with Gasteiger partial charge in [0, 0.05) is 0 Å². The molecule has 11 N–H and O–H groups in total. The fraction of sp³-hybridized carbons (Fsp3) is 0.500. The Morgan fingerprint density at radius 2 is 0.909 bits per heavy atom. The molecule has 0 radical (unpaired) electrons. The van der Waals surface area contributed by atoms with Gasteiger partial charge >= 0.3 is 23.9 Å². The highest BCUT2D eigenvalue weighted by molar-refractivity contribution is 5.97. The topological polar surface area (TPSA) is 306 Å². The van der Waals surface area contributed by atoms with Crippen molar-refractivity contribution >= 4 is 47.5 Å². The van der Waals surface area contributed by atoms with Gasteiger partial charge in [-0.2, -0.15) is 0 Å². The summed E-state index contributed by atoms with van der Waals surface area (Å²) >= 11 is 0. The highest BCUT2D eigenvalue weighted by Gasteiger charge is 2.33. The molecule has 0 aromatic carbocycles. The summed E-state index contributed by atoms with van der Waals surface area (Å²) in [6, 6.07) is -7.37. The molecule has 33 heavy (non-hydrogen) atoms. The summed E-state index contributed by atoms with van der Waals surface area (Å²) in [6.07, 6.45) is -3.85. The molecule has 0 aromatic rings. The maximum atomic E-state index is 12.4. The summed E-state index contributed by atoms with van der Waals surface area (Å²) in [5, 5.41) is 41.1. The molecule has 4 amide bonds. The SMILES string of the molecule is NC(=O)CC(N)C(=O)NC(CC(=O)O)C(=O)NC(CC(=O)O)C(=O)NC(CC(=O)O)C(=O)O. The van der Waals surface area contributed by atoms with Crippen molar-refractivity contribution in [1.82, 2.24) is 16.0 Å². The number of aliphatic carboxylic acids is 4. The molecule has 17 heteroatoms. The fourth-order valence-electron chi connectivity index (χ4n) is 2.28. The lowest BCUT2D eigenvalue weighted by Crippen LogP contribution is -2.58. The zero-order valence-electron chi connectivity index (χ0n) is 16.8. The van der Waals surface area contributed by atoms with E-state index in [9.17, 15) is 38.4 Å². The predicted molar refractivity (Wildman–Crippen MR) is 102 cm³/mol. The molecule has 17 nitrogen and oxygen atoms in total. The maximum absolute atomic E-state index is 12.4. The van der Waals surface area contributed by atoms with Gasteiger partial charge in [0.15, 0.2) is 0 Å². The molecule has 0 aliphatic rings.